The van der Waals surface area contributed by atoms with E-state index in [0.29, 0.717) is 6.04 Å². The Kier molecular flexibility index (Phi) is 4.00. The maximum absolute atomic E-state index is 4.83. The van der Waals surface area contributed by atoms with Crippen LogP contribution in [0.4, 0.5) is 0 Å². The van der Waals surface area contributed by atoms with E-state index in [1.165, 1.54) is 30.5 Å². The molecule has 2 rings (SSSR count). The number of nitrogens with one attached hydrogen (secondary N) is 1. The first-order valence-corrected chi connectivity index (χ1v) is 7.12. The molecule has 1 unspecified atom stereocenters. The van der Waals surface area contributed by atoms with Crippen molar-refractivity contribution in [1.29, 1.82) is 0 Å². The molecule has 100 valence electrons. The summed E-state index contributed by atoms with van der Waals surface area (Å²) in [4.78, 5) is 9.41. The first-order valence-electron chi connectivity index (χ1n) is 7.12. The Morgan fingerprint density at radius 1 is 1.33 bits per heavy atom. The number of hydrogen-bond acceptors (Lipinski definition) is 3. The minimum atomic E-state index is 0.0367. The molecule has 1 atom stereocenters. The molecule has 1 aromatic heterocycles. The zero-order valence-electron chi connectivity index (χ0n) is 12.1. The molecule has 0 aromatic carbocycles. The van der Waals surface area contributed by atoms with E-state index in [0.717, 1.165) is 18.8 Å². The van der Waals surface area contributed by atoms with Crippen molar-refractivity contribution in [3.63, 3.8) is 0 Å². The van der Waals surface area contributed by atoms with Crippen LogP contribution in [0.3, 0.4) is 0 Å². The summed E-state index contributed by atoms with van der Waals surface area (Å²) in [5, 5.41) is 3.56. The van der Waals surface area contributed by atoms with Gasteiger partial charge in [0, 0.05) is 28.9 Å². The predicted octanol–water partition coefficient (Wildman–Crippen LogP) is 3.15. The Morgan fingerprint density at radius 3 is 2.78 bits per heavy atom. The van der Waals surface area contributed by atoms with Crippen LogP contribution in [0, 0.1) is 0 Å². The quantitative estimate of drug-likeness (QED) is 0.816. The van der Waals surface area contributed by atoms with Gasteiger partial charge in [0.1, 0.15) is 5.82 Å². The molecule has 1 aliphatic carbocycles. The number of fused-ring (bicyclic) bond motifs is 1. The summed E-state index contributed by atoms with van der Waals surface area (Å²) in [6.45, 7) is 9.69. The van der Waals surface area contributed by atoms with Crippen molar-refractivity contribution in [1.82, 2.24) is 15.3 Å². The van der Waals surface area contributed by atoms with E-state index in [-0.39, 0.29) is 5.41 Å². The molecule has 18 heavy (non-hydrogen) atoms. The predicted molar refractivity (Wildman–Crippen MR) is 74.7 cm³/mol. The fourth-order valence-corrected chi connectivity index (χ4v) is 2.53. The van der Waals surface area contributed by atoms with Gasteiger partial charge in [0.2, 0.25) is 0 Å². The van der Waals surface area contributed by atoms with Crippen LogP contribution < -0.4 is 5.32 Å². The van der Waals surface area contributed by atoms with Gasteiger partial charge in [-0.15, -0.1) is 0 Å². The van der Waals surface area contributed by atoms with Crippen LogP contribution in [0.2, 0.25) is 0 Å². The summed E-state index contributed by atoms with van der Waals surface area (Å²) in [7, 11) is 0. The second kappa shape index (κ2) is 5.35. The average molecular weight is 247 g/mol. The van der Waals surface area contributed by atoms with Gasteiger partial charge in [-0.1, -0.05) is 34.1 Å². The van der Waals surface area contributed by atoms with Gasteiger partial charge in [-0.05, 0) is 25.8 Å². The summed E-state index contributed by atoms with van der Waals surface area (Å²) in [6.07, 6.45) is 6.89. The summed E-state index contributed by atoms with van der Waals surface area (Å²) in [6, 6.07) is 0.446. The van der Waals surface area contributed by atoms with Crippen LogP contribution in [-0.4, -0.2) is 16.5 Å². The van der Waals surface area contributed by atoms with Crippen molar-refractivity contribution in [2.75, 3.05) is 6.54 Å². The molecular formula is C15H25N3. The van der Waals surface area contributed by atoms with Crippen molar-refractivity contribution in [2.24, 2.45) is 0 Å². The number of aromatic nitrogens is 2. The number of nitrogens with zero attached hydrogens (tertiary/aromatic N) is 2. The third-order valence-electron chi connectivity index (χ3n) is 3.55. The number of rotatable bonds is 2. The highest BCUT2D eigenvalue weighted by atomic mass is 14.9. The van der Waals surface area contributed by atoms with Gasteiger partial charge in [0.05, 0.1) is 0 Å². The van der Waals surface area contributed by atoms with Gasteiger partial charge in [0.15, 0.2) is 0 Å². The van der Waals surface area contributed by atoms with E-state index in [9.17, 15) is 0 Å². The Bertz CT molecular complexity index is 407. The van der Waals surface area contributed by atoms with Crippen LogP contribution in [0.25, 0.3) is 0 Å². The Labute approximate surface area is 110 Å². The molecule has 0 saturated carbocycles. The van der Waals surface area contributed by atoms with Crippen LogP contribution >= 0.6 is 0 Å². The Balaban J connectivity index is 2.36. The zero-order chi connectivity index (χ0) is 13.2. The second-order valence-electron chi connectivity index (χ2n) is 6.20. The van der Waals surface area contributed by atoms with E-state index in [1.54, 1.807) is 0 Å². The van der Waals surface area contributed by atoms with E-state index < -0.39 is 0 Å². The normalized spacial score (nSPS) is 20.3. The van der Waals surface area contributed by atoms with E-state index >= 15 is 0 Å². The molecule has 1 aromatic rings. The van der Waals surface area contributed by atoms with Gasteiger partial charge in [-0.2, -0.15) is 0 Å². The highest BCUT2D eigenvalue weighted by molar-refractivity contribution is 5.24. The maximum Gasteiger partial charge on any atom is 0.133 e. The standard InChI is InChI=1S/C15H25N3/c1-5-16-12-8-6-7-9-13-11(12)10-17-14(18-13)15(2,3)4/h10,12,16H,5-9H2,1-4H3. The second-order valence-corrected chi connectivity index (χ2v) is 6.20. The lowest BCUT2D eigenvalue weighted by atomic mass is 9.95. The van der Waals surface area contributed by atoms with Gasteiger partial charge in [-0.25, -0.2) is 9.97 Å². The van der Waals surface area contributed by atoms with Gasteiger partial charge < -0.3 is 5.32 Å². The minimum absolute atomic E-state index is 0.0367. The van der Waals surface area contributed by atoms with Crippen LogP contribution in [0.15, 0.2) is 6.20 Å². The molecular weight excluding hydrogens is 222 g/mol. The topological polar surface area (TPSA) is 37.8 Å². The molecule has 1 aliphatic rings. The molecule has 1 N–H and O–H groups in total. The average Bonchev–Trinajstić information content (AvgIpc) is 2.51. The summed E-state index contributed by atoms with van der Waals surface area (Å²) < 4.78 is 0. The molecule has 0 spiro atoms. The SMILES string of the molecule is CCNC1CCCCc2nc(C(C)(C)C)ncc21. The molecule has 1 heterocycles. The van der Waals surface area contributed by atoms with E-state index in [1.807, 2.05) is 0 Å². The minimum Gasteiger partial charge on any atom is -0.310 e. The third kappa shape index (κ3) is 2.89. The first kappa shape index (κ1) is 13.5. The molecule has 0 fully saturated rings. The summed E-state index contributed by atoms with van der Waals surface area (Å²) in [5.74, 6) is 0.971. The van der Waals surface area contributed by atoms with Crippen molar-refractivity contribution in [3.05, 3.63) is 23.3 Å². The monoisotopic (exact) mass is 247 g/mol. The molecule has 0 aliphatic heterocycles. The highest BCUT2D eigenvalue weighted by Gasteiger charge is 2.23. The largest absolute Gasteiger partial charge is 0.310 e. The summed E-state index contributed by atoms with van der Waals surface area (Å²) >= 11 is 0. The number of hydrogen-bond donors (Lipinski definition) is 1. The van der Waals surface area contributed by atoms with Gasteiger partial charge >= 0.3 is 0 Å². The molecule has 0 saturated heterocycles. The lowest BCUT2D eigenvalue weighted by Crippen LogP contribution is -2.23. The van der Waals surface area contributed by atoms with Crippen molar-refractivity contribution >= 4 is 0 Å². The Hall–Kier alpha value is -0.960. The molecule has 3 nitrogen and oxygen atoms in total. The molecule has 0 amide bonds. The first-order chi connectivity index (χ1) is 8.52. The fraction of sp³-hybridized carbons (Fsp3) is 0.733. The Morgan fingerprint density at radius 2 is 2.11 bits per heavy atom. The van der Waals surface area contributed by atoms with E-state index in [2.05, 4.69) is 44.2 Å². The van der Waals surface area contributed by atoms with Crippen molar-refractivity contribution in [3.8, 4) is 0 Å². The zero-order valence-corrected chi connectivity index (χ0v) is 12.1. The lowest BCUT2D eigenvalue weighted by Gasteiger charge is -2.21. The van der Waals surface area contributed by atoms with Crippen LogP contribution in [0.1, 0.15) is 70.1 Å². The van der Waals surface area contributed by atoms with Crippen LogP contribution in [0.5, 0.6) is 0 Å². The van der Waals surface area contributed by atoms with Gasteiger partial charge in [-0.3, -0.25) is 0 Å². The molecule has 3 heteroatoms. The fourth-order valence-electron chi connectivity index (χ4n) is 2.53. The van der Waals surface area contributed by atoms with E-state index in [4.69, 9.17) is 4.98 Å². The maximum atomic E-state index is 4.83. The van der Waals surface area contributed by atoms with Crippen LogP contribution in [-0.2, 0) is 11.8 Å². The van der Waals surface area contributed by atoms with Crippen molar-refractivity contribution < 1.29 is 0 Å². The lowest BCUT2D eigenvalue weighted by molar-refractivity contribution is 0.498. The summed E-state index contributed by atoms with van der Waals surface area (Å²) in [5.41, 5.74) is 2.62. The third-order valence-corrected chi connectivity index (χ3v) is 3.55. The smallest absolute Gasteiger partial charge is 0.133 e. The van der Waals surface area contributed by atoms with Gasteiger partial charge in [0.25, 0.3) is 0 Å². The van der Waals surface area contributed by atoms with Crippen molar-refractivity contribution in [2.45, 2.75) is 64.8 Å². The number of aryl methyl sites for hydroxylation is 1. The highest BCUT2D eigenvalue weighted by Crippen LogP contribution is 2.28. The molecule has 0 bridgehead atoms. The molecule has 0 radical (unpaired) electrons.